The lowest BCUT2D eigenvalue weighted by molar-refractivity contribution is -0.143. The van der Waals surface area contributed by atoms with Crippen LogP contribution >= 0.6 is 0 Å². The molecule has 0 bridgehead atoms. The van der Waals surface area contributed by atoms with Gasteiger partial charge in [-0.1, -0.05) is 42.5 Å². The molecule has 0 N–H and O–H groups in total. The molecular formula is C27H32N4O4. The first-order valence-electron chi connectivity index (χ1n) is 12.3. The Bertz CT molecular complexity index is 1060. The Labute approximate surface area is 206 Å². The second kappa shape index (κ2) is 10.6. The molecule has 8 heteroatoms. The molecule has 2 atom stereocenters. The molecule has 2 amide bonds. The summed E-state index contributed by atoms with van der Waals surface area (Å²) in [6.07, 6.45) is 2.12. The van der Waals surface area contributed by atoms with Crippen LogP contribution in [0.15, 0.2) is 59.7 Å². The van der Waals surface area contributed by atoms with Gasteiger partial charge in [0.05, 0.1) is 25.4 Å². The largest absolute Gasteiger partial charge is 0.497 e. The summed E-state index contributed by atoms with van der Waals surface area (Å²) >= 11 is 0. The molecule has 0 radical (unpaired) electrons. The molecule has 0 spiro atoms. The Morgan fingerprint density at radius 2 is 1.77 bits per heavy atom. The number of hydrogen-bond acceptors (Lipinski definition) is 6. The normalized spacial score (nSPS) is 22.8. The van der Waals surface area contributed by atoms with Crippen molar-refractivity contribution in [2.45, 2.75) is 31.4 Å². The molecule has 5 rings (SSSR count). The fourth-order valence-electron chi connectivity index (χ4n) is 5.00. The highest BCUT2D eigenvalue weighted by molar-refractivity contribution is 6.03. The summed E-state index contributed by atoms with van der Waals surface area (Å²) in [4.78, 5) is 30.1. The zero-order chi connectivity index (χ0) is 24.2. The maximum absolute atomic E-state index is 13.5. The van der Waals surface area contributed by atoms with Crippen LogP contribution < -0.4 is 4.74 Å². The van der Waals surface area contributed by atoms with Gasteiger partial charge in [0.15, 0.2) is 0 Å². The molecule has 2 aromatic carbocycles. The third kappa shape index (κ3) is 5.23. The van der Waals surface area contributed by atoms with Gasteiger partial charge in [-0.25, -0.2) is 5.01 Å². The van der Waals surface area contributed by atoms with Crippen LogP contribution in [0.25, 0.3) is 0 Å². The van der Waals surface area contributed by atoms with E-state index in [-0.39, 0.29) is 30.5 Å². The zero-order valence-corrected chi connectivity index (χ0v) is 20.1. The first-order valence-corrected chi connectivity index (χ1v) is 12.3. The predicted octanol–water partition coefficient (Wildman–Crippen LogP) is 2.70. The summed E-state index contributed by atoms with van der Waals surface area (Å²) in [7, 11) is 1.64. The summed E-state index contributed by atoms with van der Waals surface area (Å²) in [6, 6.07) is 17.7. The Kier molecular flexibility index (Phi) is 7.11. The molecule has 2 fully saturated rings. The number of carbonyl (C=O) groups is 2. The molecule has 35 heavy (non-hydrogen) atoms. The number of piperazine rings is 1. The van der Waals surface area contributed by atoms with Crippen molar-refractivity contribution in [1.29, 1.82) is 0 Å². The first kappa shape index (κ1) is 23.5. The molecule has 2 saturated heterocycles. The van der Waals surface area contributed by atoms with E-state index >= 15 is 0 Å². The van der Waals surface area contributed by atoms with Crippen LogP contribution in [0.3, 0.4) is 0 Å². The summed E-state index contributed by atoms with van der Waals surface area (Å²) in [6.45, 7) is 3.52. The van der Waals surface area contributed by atoms with Gasteiger partial charge >= 0.3 is 0 Å². The highest BCUT2D eigenvalue weighted by atomic mass is 16.5. The van der Waals surface area contributed by atoms with Crippen molar-refractivity contribution < 1.29 is 19.1 Å². The molecule has 2 unspecified atom stereocenters. The van der Waals surface area contributed by atoms with Gasteiger partial charge in [-0.2, -0.15) is 5.10 Å². The van der Waals surface area contributed by atoms with Crippen molar-refractivity contribution in [2.75, 3.05) is 46.4 Å². The maximum atomic E-state index is 13.5. The van der Waals surface area contributed by atoms with E-state index in [1.165, 1.54) is 0 Å². The summed E-state index contributed by atoms with van der Waals surface area (Å²) in [5, 5.41) is 6.43. The van der Waals surface area contributed by atoms with Crippen LogP contribution in [-0.2, 0) is 14.3 Å². The lowest BCUT2D eigenvalue weighted by Crippen LogP contribution is -2.53. The van der Waals surface area contributed by atoms with Gasteiger partial charge in [-0.05, 0) is 36.1 Å². The fourth-order valence-corrected chi connectivity index (χ4v) is 5.00. The minimum absolute atomic E-state index is 0.0318. The second-order valence-corrected chi connectivity index (χ2v) is 9.25. The molecule has 3 aliphatic rings. The van der Waals surface area contributed by atoms with Gasteiger partial charge in [0, 0.05) is 39.2 Å². The van der Waals surface area contributed by atoms with Crippen LogP contribution in [0.2, 0.25) is 0 Å². The number of hydrogen-bond donors (Lipinski definition) is 0. The average Bonchev–Trinajstić information content (AvgIpc) is 3.60. The van der Waals surface area contributed by atoms with E-state index in [1.54, 1.807) is 12.1 Å². The maximum Gasteiger partial charge on any atom is 0.257 e. The smallest absolute Gasteiger partial charge is 0.257 e. The quantitative estimate of drug-likeness (QED) is 0.641. The molecular weight excluding hydrogens is 444 g/mol. The number of carbonyl (C=O) groups excluding carboxylic acids is 2. The predicted molar refractivity (Wildman–Crippen MR) is 132 cm³/mol. The van der Waals surface area contributed by atoms with E-state index < -0.39 is 0 Å². The number of rotatable bonds is 6. The number of nitrogens with zero attached hydrogens (tertiary/aromatic N) is 4. The third-order valence-corrected chi connectivity index (χ3v) is 7.02. The van der Waals surface area contributed by atoms with E-state index in [1.807, 2.05) is 59.5 Å². The van der Waals surface area contributed by atoms with Crippen LogP contribution in [-0.4, -0.2) is 84.9 Å². The lowest BCUT2D eigenvalue weighted by Gasteiger charge is -2.36. The van der Waals surface area contributed by atoms with Crippen molar-refractivity contribution in [3.05, 3.63) is 65.7 Å². The summed E-state index contributed by atoms with van der Waals surface area (Å²) < 4.78 is 10.9. The second-order valence-electron chi connectivity index (χ2n) is 9.25. The Morgan fingerprint density at radius 3 is 2.43 bits per heavy atom. The number of hydrazone groups is 1. The summed E-state index contributed by atoms with van der Waals surface area (Å²) in [5.74, 6) is 0.838. The highest BCUT2D eigenvalue weighted by Crippen LogP contribution is 2.33. The van der Waals surface area contributed by atoms with Gasteiger partial charge in [-0.3, -0.25) is 14.5 Å². The van der Waals surface area contributed by atoms with Gasteiger partial charge in [-0.15, -0.1) is 0 Å². The van der Waals surface area contributed by atoms with Gasteiger partial charge in [0.2, 0.25) is 0 Å². The minimum Gasteiger partial charge on any atom is -0.497 e. The Morgan fingerprint density at radius 1 is 1.03 bits per heavy atom. The molecule has 0 saturated carbocycles. The van der Waals surface area contributed by atoms with Crippen molar-refractivity contribution in [3.8, 4) is 5.75 Å². The number of amides is 2. The molecule has 3 aliphatic heterocycles. The fraction of sp³-hybridized carbons (Fsp3) is 0.444. The van der Waals surface area contributed by atoms with E-state index in [4.69, 9.17) is 14.6 Å². The van der Waals surface area contributed by atoms with E-state index in [0.717, 1.165) is 35.4 Å². The molecule has 184 valence electrons. The SMILES string of the molecule is COc1ccc(C2CC(c3ccccc3)=NN2C(=O)CN2CCN(C(=O)C3CCCO3)CC2)cc1. The standard InChI is InChI=1S/C27H32N4O4/c1-34-22-11-9-21(10-12-22)24-18-23(20-6-3-2-4-7-20)28-31(24)26(32)19-29-13-15-30(16-14-29)27(33)25-8-5-17-35-25/h2-4,6-7,9-12,24-25H,5,8,13-19H2,1H3. The van der Waals surface area contributed by atoms with Gasteiger partial charge < -0.3 is 14.4 Å². The van der Waals surface area contributed by atoms with Crippen molar-refractivity contribution in [3.63, 3.8) is 0 Å². The van der Waals surface area contributed by atoms with Crippen LogP contribution in [0.1, 0.15) is 36.4 Å². The molecule has 8 nitrogen and oxygen atoms in total. The summed E-state index contributed by atoms with van der Waals surface area (Å²) in [5.41, 5.74) is 2.97. The molecule has 0 aromatic heterocycles. The minimum atomic E-state index is -0.288. The monoisotopic (exact) mass is 476 g/mol. The first-order chi connectivity index (χ1) is 17.1. The van der Waals surface area contributed by atoms with E-state index in [2.05, 4.69) is 4.90 Å². The Balaban J connectivity index is 1.26. The van der Waals surface area contributed by atoms with E-state index in [9.17, 15) is 9.59 Å². The van der Waals surface area contributed by atoms with Crippen LogP contribution in [0, 0.1) is 0 Å². The molecule has 2 aromatic rings. The van der Waals surface area contributed by atoms with Crippen molar-refractivity contribution in [1.82, 2.24) is 14.8 Å². The van der Waals surface area contributed by atoms with Crippen molar-refractivity contribution >= 4 is 17.5 Å². The van der Waals surface area contributed by atoms with E-state index in [0.29, 0.717) is 39.2 Å². The number of ether oxygens (including phenoxy) is 2. The number of benzene rings is 2. The van der Waals surface area contributed by atoms with Crippen LogP contribution in [0.5, 0.6) is 5.75 Å². The van der Waals surface area contributed by atoms with Gasteiger partial charge in [0.1, 0.15) is 11.9 Å². The molecule has 3 heterocycles. The third-order valence-electron chi connectivity index (χ3n) is 7.02. The lowest BCUT2D eigenvalue weighted by atomic mass is 9.98. The number of methoxy groups -OCH3 is 1. The Hall–Kier alpha value is -3.23. The topological polar surface area (TPSA) is 74.7 Å². The molecule has 0 aliphatic carbocycles. The highest BCUT2D eigenvalue weighted by Gasteiger charge is 2.35. The van der Waals surface area contributed by atoms with Crippen molar-refractivity contribution in [2.24, 2.45) is 5.10 Å². The van der Waals surface area contributed by atoms with Gasteiger partial charge in [0.25, 0.3) is 11.8 Å². The van der Waals surface area contributed by atoms with Crippen LogP contribution in [0.4, 0.5) is 0 Å². The average molecular weight is 477 g/mol. The zero-order valence-electron chi connectivity index (χ0n) is 20.1.